The summed E-state index contributed by atoms with van der Waals surface area (Å²) < 4.78 is 0. The van der Waals surface area contributed by atoms with E-state index in [0.717, 1.165) is 8.03 Å². The first-order valence-corrected chi connectivity index (χ1v) is 3.69. The van der Waals surface area contributed by atoms with Crippen molar-refractivity contribution in [2.24, 2.45) is 0 Å². The van der Waals surface area contributed by atoms with Crippen LogP contribution in [0.25, 0.3) is 0 Å². The average Bonchev–Trinajstić information content (AvgIpc) is 1.76. The second-order valence-corrected chi connectivity index (χ2v) is 2.66. The third-order valence-corrected chi connectivity index (χ3v) is 1.73. The number of aromatic nitrogens is 2. The van der Waals surface area contributed by atoms with E-state index < -0.39 is 0 Å². The summed E-state index contributed by atoms with van der Waals surface area (Å²) in [4.78, 5) is 3.74. The van der Waals surface area contributed by atoms with Gasteiger partial charge in [0.25, 0.3) is 0 Å². The fraction of sp³-hybridized carbons (Fsp3) is 0. The van der Waals surface area contributed by atoms with Gasteiger partial charge in [0.15, 0.2) is 0 Å². The highest BCUT2D eigenvalue weighted by molar-refractivity contribution is 7.88. The molecule has 1 N–H and O–H groups in total. The van der Waals surface area contributed by atoms with Crippen LogP contribution in [-0.2, 0) is 0 Å². The molecule has 0 radical (unpaired) electrons. The Morgan fingerprint density at radius 2 is 2.80 bits per heavy atom. The fourth-order valence-corrected chi connectivity index (χ4v) is 1.16. The van der Waals surface area contributed by atoms with Crippen LogP contribution < -0.4 is 0 Å². The zero-order chi connectivity index (χ0) is 3.54. The predicted octanol–water partition coefficient (Wildman–Crippen LogP) is 1.57. The Kier molecular flexibility index (Phi) is 0.975. The molecule has 1 rings (SSSR count). The normalized spacial score (nSPS) is 11.2. The van der Waals surface area contributed by atoms with E-state index in [1.54, 1.807) is 0 Å². The Bertz CT molecular complexity index is 64.1. The van der Waals surface area contributed by atoms with E-state index in [1.165, 1.54) is 7.87 Å². The Labute approximate surface area is 32.8 Å². The highest BCUT2D eigenvalue weighted by Crippen LogP contribution is 2.10. The third-order valence-electron chi connectivity index (χ3n) is 0.270. The molecular weight excluding hydrogens is 102 g/mol. The summed E-state index contributed by atoms with van der Waals surface area (Å²) in [6, 6.07) is 0. The van der Waals surface area contributed by atoms with E-state index in [0.29, 0.717) is 0 Å². The largest absolute Gasteiger partial charge is 0.277 e. The van der Waals surface area contributed by atoms with E-state index >= 15 is 0 Å². The summed E-state index contributed by atoms with van der Waals surface area (Å²) >= 11 is 0. The predicted molar refractivity (Wildman–Crippen MR) is 23.6 cm³/mol. The first-order chi connectivity index (χ1) is 2.50. The number of H-pyrrole nitrogens is 1. The van der Waals surface area contributed by atoms with E-state index in [1.807, 2.05) is 5.93 Å². The molecule has 1 aromatic heterocycles. The van der Waals surface area contributed by atoms with Crippen molar-refractivity contribution in [1.29, 1.82) is 0 Å². The van der Waals surface area contributed by atoms with Crippen molar-refractivity contribution in [3.8, 4) is 0 Å². The van der Waals surface area contributed by atoms with Crippen molar-refractivity contribution in [3.63, 3.8) is 0 Å². The van der Waals surface area contributed by atoms with Gasteiger partial charge >= 0.3 is 0 Å². The maximum absolute atomic E-state index is 3.74. The van der Waals surface area contributed by atoms with Crippen LogP contribution in [0.2, 0.25) is 0 Å². The minimum Gasteiger partial charge on any atom is -0.277 e. The molecule has 26 valence electrons. The molecule has 0 fully saturated rings. The van der Waals surface area contributed by atoms with E-state index in [9.17, 15) is 0 Å². The Balaban J connectivity index is 3.13. The molecule has 1 aromatic rings. The maximum Gasteiger partial charge on any atom is 0.0941 e. The standard InChI is InChI=1S/CH2N2P2/c1-2-3-5-4-1/h1H,(H,2,3). The van der Waals surface area contributed by atoms with Crippen LogP contribution in [0.5, 0.6) is 0 Å². The minimum absolute atomic E-state index is 1.12. The van der Waals surface area contributed by atoms with Crippen LogP contribution in [0.1, 0.15) is 0 Å². The van der Waals surface area contributed by atoms with Gasteiger partial charge in [-0.1, -0.05) is 0 Å². The summed E-state index contributed by atoms with van der Waals surface area (Å²) in [5, 5.41) is 2.70. The van der Waals surface area contributed by atoms with Gasteiger partial charge in [-0.2, -0.15) is 0 Å². The zero-order valence-electron chi connectivity index (χ0n) is 2.42. The summed E-state index contributed by atoms with van der Waals surface area (Å²) in [6.07, 6.45) is 0. The molecule has 0 atom stereocenters. The van der Waals surface area contributed by atoms with Crippen molar-refractivity contribution in [3.05, 3.63) is 5.93 Å². The van der Waals surface area contributed by atoms with Crippen molar-refractivity contribution in [1.82, 2.24) is 9.96 Å². The van der Waals surface area contributed by atoms with E-state index in [2.05, 4.69) is 9.96 Å². The van der Waals surface area contributed by atoms with Gasteiger partial charge in [0, 0.05) is 0 Å². The van der Waals surface area contributed by atoms with Gasteiger partial charge in [-0.05, 0) is 7.87 Å². The molecule has 0 bridgehead atoms. The van der Waals surface area contributed by atoms with Crippen LogP contribution in [0.4, 0.5) is 0 Å². The van der Waals surface area contributed by atoms with Crippen LogP contribution in [0.15, 0.2) is 5.93 Å². The molecule has 0 spiro atoms. The molecule has 0 saturated carbocycles. The van der Waals surface area contributed by atoms with Crippen LogP contribution >= 0.6 is 15.9 Å². The molecule has 0 saturated heterocycles. The quantitative estimate of drug-likeness (QED) is 0.531. The Morgan fingerprint density at radius 3 is 3.00 bits per heavy atom. The fourth-order valence-electron chi connectivity index (χ4n) is 0.129. The first-order valence-electron chi connectivity index (χ1n) is 1.17. The molecule has 0 aliphatic carbocycles. The molecular formula is CH2N2P2. The molecule has 0 amide bonds. The monoisotopic (exact) mass is 104 g/mol. The molecule has 5 heavy (non-hydrogen) atoms. The van der Waals surface area contributed by atoms with Gasteiger partial charge in [-0.15, -0.1) is 4.86 Å². The number of aromatic amines is 1. The lowest BCUT2D eigenvalue weighted by Crippen LogP contribution is -1.49. The molecule has 4 heteroatoms. The van der Waals surface area contributed by atoms with E-state index in [-0.39, 0.29) is 0 Å². The highest BCUT2D eigenvalue weighted by atomic mass is 31.8. The lowest BCUT2D eigenvalue weighted by atomic mass is 11.7. The Morgan fingerprint density at radius 1 is 1.80 bits per heavy atom. The van der Waals surface area contributed by atoms with Crippen LogP contribution in [0.3, 0.4) is 0 Å². The maximum atomic E-state index is 3.74. The van der Waals surface area contributed by atoms with Crippen molar-refractivity contribution in [2.75, 3.05) is 0 Å². The SMILES string of the molecule is c1[nH]npp1. The topological polar surface area (TPSA) is 28.7 Å². The molecule has 0 aliphatic rings. The lowest BCUT2D eigenvalue weighted by molar-refractivity contribution is 1.17. The van der Waals surface area contributed by atoms with Crippen molar-refractivity contribution < 1.29 is 0 Å². The Hall–Kier alpha value is 0.0700. The molecule has 0 unspecified atom stereocenters. The second-order valence-electron chi connectivity index (χ2n) is 0.563. The van der Waals surface area contributed by atoms with Gasteiger partial charge in [-0.25, -0.2) is 0 Å². The minimum atomic E-state index is 1.12. The molecule has 0 aliphatic heterocycles. The van der Waals surface area contributed by atoms with Crippen LogP contribution in [-0.4, -0.2) is 9.96 Å². The van der Waals surface area contributed by atoms with Gasteiger partial charge in [-0.3, -0.25) is 5.10 Å². The average molecular weight is 104 g/mol. The van der Waals surface area contributed by atoms with Crippen LogP contribution in [0, 0.1) is 0 Å². The van der Waals surface area contributed by atoms with Crippen molar-refractivity contribution >= 4 is 15.9 Å². The zero-order valence-corrected chi connectivity index (χ0v) is 4.21. The number of hydrogen-bond donors (Lipinski definition) is 1. The number of nitrogens with one attached hydrogen (secondary N) is 1. The summed E-state index contributed by atoms with van der Waals surface area (Å²) in [5.74, 6) is 1.90. The van der Waals surface area contributed by atoms with Crippen molar-refractivity contribution in [2.45, 2.75) is 0 Å². The molecule has 2 nitrogen and oxygen atoms in total. The number of nitrogens with zero attached hydrogens (tertiary/aromatic N) is 1. The number of rotatable bonds is 0. The van der Waals surface area contributed by atoms with Gasteiger partial charge in [0.2, 0.25) is 0 Å². The van der Waals surface area contributed by atoms with Gasteiger partial charge < -0.3 is 0 Å². The summed E-state index contributed by atoms with van der Waals surface area (Å²) in [6.45, 7) is 0. The van der Waals surface area contributed by atoms with Gasteiger partial charge in [0.05, 0.1) is 14.0 Å². The third kappa shape index (κ3) is 0.678. The highest BCUT2D eigenvalue weighted by Gasteiger charge is 1.59. The summed E-state index contributed by atoms with van der Waals surface area (Å²) in [5.41, 5.74) is 0. The molecule has 0 aromatic carbocycles. The summed E-state index contributed by atoms with van der Waals surface area (Å²) in [7, 11) is 2.38. The van der Waals surface area contributed by atoms with E-state index in [4.69, 9.17) is 0 Å². The smallest absolute Gasteiger partial charge is 0.0941 e. The lowest BCUT2D eigenvalue weighted by Gasteiger charge is -1.47. The second kappa shape index (κ2) is 1.49. The van der Waals surface area contributed by atoms with Gasteiger partial charge in [0.1, 0.15) is 0 Å². The number of hydrogen-bond acceptors (Lipinski definition) is 1. The first kappa shape index (κ1) is 3.27. The molecule has 1 heterocycles.